The maximum absolute atomic E-state index is 13.5. The number of rotatable bonds is 4. The van der Waals surface area contributed by atoms with Gasteiger partial charge in [-0.25, -0.2) is 4.39 Å². The standard InChI is InChI=1S/C16H17FN4/c1-11-6-7-13(9-14(11)17)10-18-12(2)16-20-19-15-5-3-4-8-21(15)16/h3-9,12,18H,10H2,1-2H3. The summed E-state index contributed by atoms with van der Waals surface area (Å²) in [4.78, 5) is 0. The predicted octanol–water partition coefficient (Wildman–Crippen LogP) is 3.03. The van der Waals surface area contributed by atoms with Crippen molar-refractivity contribution in [2.45, 2.75) is 26.4 Å². The fourth-order valence-electron chi connectivity index (χ4n) is 2.26. The Hall–Kier alpha value is -2.27. The maximum atomic E-state index is 13.5. The molecule has 108 valence electrons. The highest BCUT2D eigenvalue weighted by molar-refractivity contribution is 5.37. The zero-order valence-electron chi connectivity index (χ0n) is 12.0. The largest absolute Gasteiger partial charge is 0.303 e. The topological polar surface area (TPSA) is 42.2 Å². The van der Waals surface area contributed by atoms with Crippen LogP contribution < -0.4 is 5.32 Å². The summed E-state index contributed by atoms with van der Waals surface area (Å²) in [6.07, 6.45) is 1.94. The fourth-order valence-corrected chi connectivity index (χ4v) is 2.26. The number of aromatic nitrogens is 3. The number of aryl methyl sites for hydroxylation is 1. The smallest absolute Gasteiger partial charge is 0.160 e. The zero-order chi connectivity index (χ0) is 14.8. The Morgan fingerprint density at radius 1 is 1.24 bits per heavy atom. The van der Waals surface area contributed by atoms with Gasteiger partial charge < -0.3 is 5.32 Å². The molecule has 0 aliphatic carbocycles. The third kappa shape index (κ3) is 2.78. The molecule has 0 fully saturated rings. The van der Waals surface area contributed by atoms with Gasteiger partial charge in [-0.2, -0.15) is 0 Å². The highest BCUT2D eigenvalue weighted by atomic mass is 19.1. The molecule has 1 atom stereocenters. The molecule has 5 heteroatoms. The minimum atomic E-state index is -0.171. The Morgan fingerprint density at radius 3 is 2.90 bits per heavy atom. The Kier molecular flexibility index (Phi) is 3.66. The second kappa shape index (κ2) is 5.61. The maximum Gasteiger partial charge on any atom is 0.160 e. The molecule has 0 radical (unpaired) electrons. The first-order valence-electron chi connectivity index (χ1n) is 6.93. The molecule has 0 aliphatic heterocycles. The molecule has 21 heavy (non-hydrogen) atoms. The van der Waals surface area contributed by atoms with Crippen LogP contribution in [0, 0.1) is 12.7 Å². The van der Waals surface area contributed by atoms with Crippen LogP contribution in [-0.4, -0.2) is 14.6 Å². The van der Waals surface area contributed by atoms with Crippen LogP contribution >= 0.6 is 0 Å². The first kappa shape index (κ1) is 13.7. The second-order valence-corrected chi connectivity index (χ2v) is 5.17. The van der Waals surface area contributed by atoms with E-state index in [0.29, 0.717) is 12.1 Å². The molecule has 0 saturated carbocycles. The van der Waals surface area contributed by atoms with E-state index in [1.807, 2.05) is 41.8 Å². The monoisotopic (exact) mass is 284 g/mol. The molecule has 2 heterocycles. The van der Waals surface area contributed by atoms with Gasteiger partial charge in [0, 0.05) is 12.7 Å². The molecule has 3 aromatic rings. The van der Waals surface area contributed by atoms with Crippen LogP contribution in [0.1, 0.15) is 29.9 Å². The van der Waals surface area contributed by atoms with Crippen molar-refractivity contribution in [1.82, 2.24) is 19.9 Å². The van der Waals surface area contributed by atoms with Crippen LogP contribution in [0.25, 0.3) is 5.65 Å². The van der Waals surface area contributed by atoms with E-state index in [1.54, 1.807) is 19.1 Å². The summed E-state index contributed by atoms with van der Waals surface area (Å²) in [5.41, 5.74) is 2.40. The normalized spacial score (nSPS) is 12.7. The van der Waals surface area contributed by atoms with Gasteiger partial charge in [0.2, 0.25) is 0 Å². The number of nitrogens with zero attached hydrogens (tertiary/aromatic N) is 3. The Morgan fingerprint density at radius 2 is 2.10 bits per heavy atom. The molecule has 0 spiro atoms. The molecule has 0 saturated heterocycles. The van der Waals surface area contributed by atoms with Gasteiger partial charge in [0.05, 0.1) is 6.04 Å². The van der Waals surface area contributed by atoms with E-state index in [-0.39, 0.29) is 11.9 Å². The average molecular weight is 284 g/mol. The van der Waals surface area contributed by atoms with E-state index < -0.39 is 0 Å². The van der Waals surface area contributed by atoms with Gasteiger partial charge in [0.1, 0.15) is 5.82 Å². The summed E-state index contributed by atoms with van der Waals surface area (Å²) in [5.74, 6) is 0.674. The number of nitrogens with one attached hydrogen (secondary N) is 1. The van der Waals surface area contributed by atoms with Gasteiger partial charge >= 0.3 is 0 Å². The van der Waals surface area contributed by atoms with E-state index in [2.05, 4.69) is 15.5 Å². The van der Waals surface area contributed by atoms with Gasteiger partial charge in [-0.1, -0.05) is 18.2 Å². The molecule has 0 aliphatic rings. The quantitative estimate of drug-likeness (QED) is 0.800. The summed E-state index contributed by atoms with van der Waals surface area (Å²) in [6, 6.07) is 11.1. The number of hydrogen-bond donors (Lipinski definition) is 1. The third-order valence-electron chi connectivity index (χ3n) is 3.58. The summed E-state index contributed by atoms with van der Waals surface area (Å²) in [7, 11) is 0. The summed E-state index contributed by atoms with van der Waals surface area (Å²) >= 11 is 0. The number of pyridine rings is 1. The lowest BCUT2D eigenvalue weighted by molar-refractivity contribution is 0.538. The Labute approximate surface area is 122 Å². The van der Waals surface area contributed by atoms with Crippen molar-refractivity contribution in [2.24, 2.45) is 0 Å². The van der Waals surface area contributed by atoms with Crippen LogP contribution in [0.2, 0.25) is 0 Å². The minimum absolute atomic E-state index is 0.0202. The molecule has 1 aromatic carbocycles. The average Bonchev–Trinajstić information content (AvgIpc) is 2.92. The van der Waals surface area contributed by atoms with E-state index in [4.69, 9.17) is 0 Å². The highest BCUT2D eigenvalue weighted by Gasteiger charge is 2.12. The van der Waals surface area contributed by atoms with Crippen LogP contribution in [0.15, 0.2) is 42.6 Å². The Balaban J connectivity index is 1.74. The molecular formula is C16H17FN4. The van der Waals surface area contributed by atoms with Crippen LogP contribution in [-0.2, 0) is 6.54 Å². The van der Waals surface area contributed by atoms with Crippen molar-refractivity contribution in [3.8, 4) is 0 Å². The summed E-state index contributed by atoms with van der Waals surface area (Å²) in [5, 5.41) is 11.7. The third-order valence-corrected chi connectivity index (χ3v) is 3.58. The highest BCUT2D eigenvalue weighted by Crippen LogP contribution is 2.14. The van der Waals surface area contributed by atoms with Crippen molar-refractivity contribution in [2.75, 3.05) is 0 Å². The summed E-state index contributed by atoms with van der Waals surface area (Å²) in [6.45, 7) is 4.37. The summed E-state index contributed by atoms with van der Waals surface area (Å²) < 4.78 is 15.5. The van der Waals surface area contributed by atoms with E-state index in [1.165, 1.54) is 0 Å². The van der Waals surface area contributed by atoms with E-state index >= 15 is 0 Å². The molecule has 4 nitrogen and oxygen atoms in total. The van der Waals surface area contributed by atoms with E-state index in [0.717, 1.165) is 17.0 Å². The van der Waals surface area contributed by atoms with Crippen LogP contribution in [0.4, 0.5) is 4.39 Å². The predicted molar refractivity (Wildman–Crippen MR) is 79.4 cm³/mol. The van der Waals surface area contributed by atoms with E-state index in [9.17, 15) is 4.39 Å². The molecule has 3 rings (SSSR count). The lowest BCUT2D eigenvalue weighted by Crippen LogP contribution is -2.20. The molecule has 0 bridgehead atoms. The van der Waals surface area contributed by atoms with Gasteiger partial charge in [0.25, 0.3) is 0 Å². The molecule has 2 aromatic heterocycles. The van der Waals surface area contributed by atoms with Crippen LogP contribution in [0.3, 0.4) is 0 Å². The second-order valence-electron chi connectivity index (χ2n) is 5.17. The Bertz CT molecular complexity index is 766. The first-order chi connectivity index (χ1) is 10.1. The molecule has 1 unspecified atom stereocenters. The number of hydrogen-bond acceptors (Lipinski definition) is 3. The van der Waals surface area contributed by atoms with Crippen LogP contribution in [0.5, 0.6) is 0 Å². The van der Waals surface area contributed by atoms with Crippen molar-refractivity contribution >= 4 is 5.65 Å². The van der Waals surface area contributed by atoms with Gasteiger partial charge in [-0.3, -0.25) is 4.40 Å². The number of halogens is 1. The van der Waals surface area contributed by atoms with Crippen molar-refractivity contribution in [1.29, 1.82) is 0 Å². The SMILES string of the molecule is Cc1ccc(CNC(C)c2nnc3ccccn23)cc1F. The number of fused-ring (bicyclic) bond motifs is 1. The first-order valence-corrected chi connectivity index (χ1v) is 6.93. The van der Waals surface area contributed by atoms with Crippen molar-refractivity contribution < 1.29 is 4.39 Å². The minimum Gasteiger partial charge on any atom is -0.303 e. The molecule has 1 N–H and O–H groups in total. The number of benzene rings is 1. The molecule has 0 amide bonds. The van der Waals surface area contributed by atoms with Gasteiger partial charge in [-0.05, 0) is 43.2 Å². The molecular weight excluding hydrogens is 267 g/mol. The van der Waals surface area contributed by atoms with Crippen molar-refractivity contribution in [3.05, 3.63) is 65.4 Å². The van der Waals surface area contributed by atoms with Gasteiger partial charge in [-0.15, -0.1) is 10.2 Å². The zero-order valence-corrected chi connectivity index (χ0v) is 12.0. The lowest BCUT2D eigenvalue weighted by atomic mass is 10.1. The van der Waals surface area contributed by atoms with Gasteiger partial charge in [0.15, 0.2) is 11.5 Å². The van der Waals surface area contributed by atoms with Crippen molar-refractivity contribution in [3.63, 3.8) is 0 Å². The lowest BCUT2D eigenvalue weighted by Gasteiger charge is -2.12. The fraction of sp³-hybridized carbons (Fsp3) is 0.250.